The van der Waals surface area contributed by atoms with E-state index in [2.05, 4.69) is 11.2 Å². The fourth-order valence-corrected chi connectivity index (χ4v) is 3.71. The van der Waals surface area contributed by atoms with Gasteiger partial charge in [-0.3, -0.25) is 5.41 Å². The zero-order valence-corrected chi connectivity index (χ0v) is 15.7. The normalized spacial score (nSPS) is 18.5. The predicted molar refractivity (Wildman–Crippen MR) is 104 cm³/mol. The number of fused-ring (bicyclic) bond motifs is 1. The summed E-state index contributed by atoms with van der Waals surface area (Å²) in [7, 11) is 0. The third-order valence-corrected chi connectivity index (χ3v) is 5.06. The van der Waals surface area contributed by atoms with Gasteiger partial charge < -0.3 is 4.74 Å². The van der Waals surface area contributed by atoms with Gasteiger partial charge in [0.2, 0.25) is 11.8 Å². The number of benzene rings is 2. The Hall–Kier alpha value is -3.10. The quantitative estimate of drug-likeness (QED) is 0.699. The highest BCUT2D eigenvalue weighted by Gasteiger charge is 2.41. The van der Waals surface area contributed by atoms with E-state index in [4.69, 9.17) is 21.7 Å². The first-order chi connectivity index (χ1) is 13.0. The Bertz CT molecular complexity index is 1080. The van der Waals surface area contributed by atoms with Gasteiger partial charge in [0.15, 0.2) is 0 Å². The highest BCUT2D eigenvalue weighted by molar-refractivity contribution is 6.30. The Morgan fingerprint density at radius 3 is 2.59 bits per heavy atom. The van der Waals surface area contributed by atoms with Crippen molar-refractivity contribution in [2.45, 2.75) is 19.8 Å². The molecule has 1 aliphatic rings. The molecule has 3 aromatic rings. The maximum absolute atomic E-state index is 9.70. The number of nitrogens with one attached hydrogen (secondary N) is 1. The van der Waals surface area contributed by atoms with Crippen molar-refractivity contribution in [2.75, 3.05) is 0 Å². The van der Waals surface area contributed by atoms with Crippen LogP contribution in [-0.4, -0.2) is 15.7 Å². The number of aryl methyl sites for hydroxylation is 2. The number of rotatable bonds is 2. The second-order valence-electron chi connectivity index (χ2n) is 6.66. The minimum atomic E-state index is -0.731. The number of nitrogens with zero attached hydrogens (tertiary/aromatic N) is 3. The van der Waals surface area contributed by atoms with Gasteiger partial charge >= 0.3 is 0 Å². The van der Waals surface area contributed by atoms with Crippen LogP contribution < -0.4 is 4.74 Å². The van der Waals surface area contributed by atoms with Crippen molar-refractivity contribution in [3.63, 3.8) is 0 Å². The lowest BCUT2D eigenvalue weighted by Gasteiger charge is -2.28. The molecule has 4 rings (SSSR count). The summed E-state index contributed by atoms with van der Waals surface area (Å²) in [5.74, 6) is -0.685. The summed E-state index contributed by atoms with van der Waals surface area (Å²) in [5.41, 5.74) is 4.45. The van der Waals surface area contributed by atoms with E-state index in [0.717, 1.165) is 28.1 Å². The Morgan fingerprint density at radius 2 is 1.93 bits per heavy atom. The second-order valence-corrected chi connectivity index (χ2v) is 7.09. The zero-order valence-electron chi connectivity index (χ0n) is 14.9. The van der Waals surface area contributed by atoms with Crippen LogP contribution in [0.5, 0.6) is 5.88 Å². The van der Waals surface area contributed by atoms with Gasteiger partial charge in [-0.2, -0.15) is 10.4 Å². The van der Waals surface area contributed by atoms with Gasteiger partial charge in [-0.05, 0) is 43.7 Å². The van der Waals surface area contributed by atoms with E-state index in [0.29, 0.717) is 10.9 Å². The highest BCUT2D eigenvalue weighted by Crippen LogP contribution is 2.45. The molecule has 2 unspecified atom stereocenters. The van der Waals surface area contributed by atoms with Gasteiger partial charge in [-0.25, -0.2) is 4.68 Å². The van der Waals surface area contributed by atoms with E-state index in [1.807, 2.05) is 56.3 Å². The molecule has 0 amide bonds. The number of nitriles is 1. The van der Waals surface area contributed by atoms with E-state index in [-0.39, 0.29) is 11.8 Å². The molecule has 6 heteroatoms. The van der Waals surface area contributed by atoms with Crippen LogP contribution in [0.15, 0.2) is 48.5 Å². The maximum Gasteiger partial charge on any atom is 0.228 e. The molecule has 2 aromatic carbocycles. The molecule has 1 aliphatic heterocycles. The second kappa shape index (κ2) is 6.57. The molecule has 0 bridgehead atoms. The smallest absolute Gasteiger partial charge is 0.228 e. The molecule has 0 saturated heterocycles. The molecule has 1 N–H and O–H groups in total. The number of ether oxygens (including phenoxy) is 1. The van der Waals surface area contributed by atoms with Crippen LogP contribution in [-0.2, 0) is 0 Å². The maximum atomic E-state index is 9.70. The van der Waals surface area contributed by atoms with Crippen LogP contribution >= 0.6 is 11.6 Å². The van der Waals surface area contributed by atoms with E-state index in [9.17, 15) is 5.26 Å². The number of hydrogen-bond acceptors (Lipinski definition) is 4. The minimum Gasteiger partial charge on any atom is -0.423 e. The predicted octanol–water partition coefficient (Wildman–Crippen LogP) is 4.78. The molecule has 5 nitrogen and oxygen atoms in total. The summed E-state index contributed by atoms with van der Waals surface area (Å²) in [6, 6.07) is 17.5. The molecule has 0 fully saturated rings. The van der Waals surface area contributed by atoms with Crippen LogP contribution in [0.2, 0.25) is 5.02 Å². The molecule has 0 saturated carbocycles. The largest absolute Gasteiger partial charge is 0.423 e. The zero-order chi connectivity index (χ0) is 19.1. The first-order valence-electron chi connectivity index (χ1n) is 8.57. The summed E-state index contributed by atoms with van der Waals surface area (Å²) in [5, 5.41) is 23.2. The lowest BCUT2D eigenvalue weighted by atomic mass is 9.79. The molecule has 134 valence electrons. The van der Waals surface area contributed by atoms with E-state index >= 15 is 0 Å². The van der Waals surface area contributed by atoms with Gasteiger partial charge in [-0.1, -0.05) is 41.4 Å². The third kappa shape index (κ3) is 2.88. The van der Waals surface area contributed by atoms with Crippen LogP contribution in [0.25, 0.3) is 5.69 Å². The summed E-state index contributed by atoms with van der Waals surface area (Å²) in [6.45, 7) is 3.92. The van der Waals surface area contributed by atoms with Gasteiger partial charge in [0.05, 0.1) is 17.5 Å². The van der Waals surface area contributed by atoms with Crippen LogP contribution in [0.1, 0.15) is 28.3 Å². The average Bonchev–Trinajstić information content (AvgIpc) is 2.97. The Balaban J connectivity index is 1.94. The molecular formula is C21H17ClN4O. The van der Waals surface area contributed by atoms with Crippen molar-refractivity contribution in [1.29, 1.82) is 10.7 Å². The lowest BCUT2D eigenvalue weighted by Crippen LogP contribution is -2.31. The van der Waals surface area contributed by atoms with Gasteiger partial charge in [0.1, 0.15) is 5.92 Å². The molecular weight excluding hydrogens is 360 g/mol. The average molecular weight is 377 g/mol. The SMILES string of the molecule is Cc1ccc(-n2nc(C)c3c2OC(=N)C(C#N)C3c2cccc(Cl)c2)cc1. The molecule has 2 atom stereocenters. The molecule has 1 aromatic heterocycles. The lowest BCUT2D eigenvalue weighted by molar-refractivity contribution is 0.424. The van der Waals surface area contributed by atoms with Crippen molar-refractivity contribution in [2.24, 2.45) is 5.92 Å². The molecule has 0 spiro atoms. The molecule has 2 heterocycles. The molecule has 0 aliphatic carbocycles. The Labute approximate surface area is 162 Å². The fraction of sp³-hybridized carbons (Fsp3) is 0.190. The monoisotopic (exact) mass is 376 g/mol. The summed E-state index contributed by atoms with van der Waals surface area (Å²) in [6.07, 6.45) is 0. The van der Waals surface area contributed by atoms with Crippen molar-refractivity contribution in [3.05, 3.63) is 75.9 Å². The Kier molecular flexibility index (Phi) is 4.21. The van der Waals surface area contributed by atoms with Crippen LogP contribution in [0.3, 0.4) is 0 Å². The molecule has 27 heavy (non-hydrogen) atoms. The first-order valence-corrected chi connectivity index (χ1v) is 8.95. The minimum absolute atomic E-state index is 0.0803. The van der Waals surface area contributed by atoms with Crippen molar-refractivity contribution < 1.29 is 4.74 Å². The topological polar surface area (TPSA) is 74.7 Å². The van der Waals surface area contributed by atoms with E-state index in [1.165, 1.54) is 0 Å². The van der Waals surface area contributed by atoms with Crippen molar-refractivity contribution in [1.82, 2.24) is 9.78 Å². The molecule has 0 radical (unpaired) electrons. The Morgan fingerprint density at radius 1 is 1.19 bits per heavy atom. The number of hydrogen-bond donors (Lipinski definition) is 1. The summed E-state index contributed by atoms with van der Waals surface area (Å²) >= 11 is 6.19. The van der Waals surface area contributed by atoms with Gasteiger partial charge in [0.25, 0.3) is 0 Å². The highest BCUT2D eigenvalue weighted by atomic mass is 35.5. The van der Waals surface area contributed by atoms with Gasteiger partial charge in [-0.15, -0.1) is 0 Å². The first kappa shape index (κ1) is 17.3. The van der Waals surface area contributed by atoms with Crippen molar-refractivity contribution >= 4 is 17.5 Å². The van der Waals surface area contributed by atoms with Crippen LogP contribution in [0, 0.1) is 36.5 Å². The summed E-state index contributed by atoms with van der Waals surface area (Å²) < 4.78 is 7.48. The van der Waals surface area contributed by atoms with Crippen molar-refractivity contribution in [3.8, 4) is 17.6 Å². The van der Waals surface area contributed by atoms with E-state index in [1.54, 1.807) is 10.7 Å². The van der Waals surface area contributed by atoms with Gasteiger partial charge in [0, 0.05) is 16.5 Å². The number of halogens is 1. The van der Waals surface area contributed by atoms with Crippen LogP contribution in [0.4, 0.5) is 0 Å². The summed E-state index contributed by atoms with van der Waals surface area (Å²) in [4.78, 5) is 0. The fourth-order valence-electron chi connectivity index (χ4n) is 3.51. The number of aromatic nitrogens is 2. The standard InChI is InChI=1S/C21H17ClN4O/c1-12-6-8-16(9-7-12)26-21-18(13(2)25-26)19(17(11-23)20(24)27-21)14-4-3-5-15(22)10-14/h3-10,17,19,24H,1-2H3. The third-order valence-electron chi connectivity index (χ3n) is 4.82. The van der Waals surface area contributed by atoms with E-state index < -0.39 is 5.92 Å².